The van der Waals surface area contributed by atoms with E-state index in [9.17, 15) is 0 Å². The Balaban J connectivity index is -0.000000181. The third-order valence-electron chi connectivity index (χ3n) is 1.22. The van der Waals surface area contributed by atoms with Crippen molar-refractivity contribution in [3.63, 3.8) is 0 Å². The number of benzene rings is 1. The number of rotatable bonds is 0. The first-order valence-electron chi connectivity index (χ1n) is 4.74. The Morgan fingerprint density at radius 2 is 0.875 bits per heavy atom. The number of hydrogen-bond acceptors (Lipinski definition) is 3. The lowest BCUT2D eigenvalue weighted by molar-refractivity contribution is -0.0987. The van der Waals surface area contributed by atoms with Crippen molar-refractivity contribution in [2.75, 3.05) is 21.1 Å². The zero-order valence-electron chi connectivity index (χ0n) is 11.0. The highest BCUT2D eigenvalue weighted by Gasteiger charge is 1.79. The zero-order chi connectivity index (χ0) is 13.6. The van der Waals surface area contributed by atoms with Gasteiger partial charge in [0, 0.05) is 0 Å². The van der Waals surface area contributed by atoms with Gasteiger partial charge in [0.15, 0.2) is 0 Å². The summed E-state index contributed by atoms with van der Waals surface area (Å²) in [7, 11) is 6.00. The maximum Gasteiger partial charge on any atom is 0.106 e. The maximum atomic E-state index is 8.00. The molecule has 0 atom stereocenters. The van der Waals surface area contributed by atoms with Crippen LogP contribution in [0.1, 0.15) is 11.1 Å². The molecule has 3 nitrogen and oxygen atoms in total. The first kappa shape index (κ1) is 20.0. The van der Waals surface area contributed by atoms with Gasteiger partial charge < -0.3 is 14.5 Å². The zero-order valence-corrected chi connectivity index (χ0v) is 11.0. The van der Waals surface area contributed by atoms with Crippen molar-refractivity contribution in [2.45, 2.75) is 13.8 Å². The largest absolute Gasteiger partial charge is 0.312 e. The third kappa shape index (κ3) is 22.9. The Morgan fingerprint density at radius 1 is 0.750 bits per heavy atom. The van der Waals surface area contributed by atoms with Crippen LogP contribution < -0.4 is 0 Å². The van der Waals surface area contributed by atoms with E-state index in [4.69, 9.17) is 9.59 Å². The molecule has 1 rings (SSSR count). The molecule has 1 aromatic carbocycles. The maximum absolute atomic E-state index is 8.00. The molecule has 0 spiro atoms. The second kappa shape index (κ2) is 16.0. The summed E-state index contributed by atoms with van der Waals surface area (Å²) < 4.78 is 0. The number of hydrogen-bond donors (Lipinski definition) is 0. The highest BCUT2D eigenvalue weighted by Crippen LogP contribution is 1.99. The number of carbonyl (C=O) groups excluding carboxylic acids is 2. The molecule has 0 saturated heterocycles. The molecular weight excluding hydrogens is 202 g/mol. The van der Waals surface area contributed by atoms with E-state index >= 15 is 0 Å². The SMILES string of the molecule is C=O.C=O.CN(C)C.Cc1ccc(C)cc1. The van der Waals surface area contributed by atoms with Gasteiger partial charge in [-0.1, -0.05) is 35.4 Å². The van der Waals surface area contributed by atoms with E-state index in [-0.39, 0.29) is 0 Å². The van der Waals surface area contributed by atoms with E-state index in [0.717, 1.165) is 0 Å². The summed E-state index contributed by atoms with van der Waals surface area (Å²) in [5.74, 6) is 0. The van der Waals surface area contributed by atoms with Crippen molar-refractivity contribution < 1.29 is 9.59 Å². The second-order valence-electron chi connectivity index (χ2n) is 3.50. The van der Waals surface area contributed by atoms with E-state index < -0.39 is 0 Å². The number of aryl methyl sites for hydroxylation is 2. The van der Waals surface area contributed by atoms with Crippen LogP contribution in [0.15, 0.2) is 24.3 Å². The molecule has 0 amide bonds. The Bertz CT molecular complexity index is 206. The molecule has 92 valence electrons. The fraction of sp³-hybridized carbons (Fsp3) is 0.385. The Kier molecular flexibility index (Phi) is 20.0. The molecule has 0 heterocycles. The van der Waals surface area contributed by atoms with Gasteiger partial charge in [0.25, 0.3) is 0 Å². The molecule has 0 radical (unpaired) electrons. The fourth-order valence-electron chi connectivity index (χ4n) is 0.637. The van der Waals surface area contributed by atoms with Gasteiger partial charge in [-0.25, -0.2) is 0 Å². The lowest BCUT2D eigenvalue weighted by atomic mass is 10.2. The number of nitrogens with zero attached hydrogens (tertiary/aromatic N) is 1. The average molecular weight is 225 g/mol. The van der Waals surface area contributed by atoms with Gasteiger partial charge in [0.1, 0.15) is 13.6 Å². The van der Waals surface area contributed by atoms with E-state index in [1.807, 2.05) is 39.6 Å². The van der Waals surface area contributed by atoms with Crippen LogP contribution in [0.4, 0.5) is 0 Å². The molecule has 16 heavy (non-hydrogen) atoms. The summed E-state index contributed by atoms with van der Waals surface area (Å²) in [6, 6.07) is 8.48. The smallest absolute Gasteiger partial charge is 0.106 e. The van der Waals surface area contributed by atoms with E-state index in [0.29, 0.717) is 0 Å². The van der Waals surface area contributed by atoms with Gasteiger partial charge in [-0.15, -0.1) is 0 Å². The van der Waals surface area contributed by atoms with Crippen molar-refractivity contribution in [1.82, 2.24) is 4.90 Å². The summed E-state index contributed by atoms with van der Waals surface area (Å²) in [4.78, 5) is 18.0. The van der Waals surface area contributed by atoms with Crippen LogP contribution in [0.25, 0.3) is 0 Å². The minimum atomic E-state index is 1.33. The average Bonchev–Trinajstić information content (AvgIpc) is 2.27. The first-order chi connectivity index (χ1) is 7.52. The Morgan fingerprint density at radius 3 is 1.00 bits per heavy atom. The molecule has 0 aliphatic heterocycles. The lowest BCUT2D eigenvalue weighted by Crippen LogP contribution is -1.99. The highest BCUT2D eigenvalue weighted by molar-refractivity contribution is 5.19. The second-order valence-corrected chi connectivity index (χ2v) is 3.50. The molecule has 1 aromatic rings. The number of carbonyl (C=O) groups is 2. The van der Waals surface area contributed by atoms with Crippen molar-refractivity contribution in [1.29, 1.82) is 0 Å². The van der Waals surface area contributed by atoms with Crippen molar-refractivity contribution >= 4 is 13.6 Å². The van der Waals surface area contributed by atoms with Crippen LogP contribution >= 0.6 is 0 Å². The predicted octanol–water partition coefficient (Wildman–Crippen LogP) is 2.11. The monoisotopic (exact) mass is 225 g/mol. The quantitative estimate of drug-likeness (QED) is 0.678. The van der Waals surface area contributed by atoms with E-state index in [1.54, 1.807) is 0 Å². The van der Waals surface area contributed by atoms with Gasteiger partial charge in [-0.05, 0) is 35.0 Å². The van der Waals surface area contributed by atoms with Gasteiger partial charge in [-0.2, -0.15) is 0 Å². The summed E-state index contributed by atoms with van der Waals surface area (Å²) in [5.41, 5.74) is 2.66. The van der Waals surface area contributed by atoms with Crippen LogP contribution in [-0.2, 0) is 9.59 Å². The minimum absolute atomic E-state index is 1.33. The van der Waals surface area contributed by atoms with Crippen molar-refractivity contribution in [3.05, 3.63) is 35.4 Å². The predicted molar refractivity (Wildman–Crippen MR) is 69.8 cm³/mol. The van der Waals surface area contributed by atoms with Crippen LogP contribution in [0, 0.1) is 13.8 Å². The third-order valence-corrected chi connectivity index (χ3v) is 1.22. The summed E-state index contributed by atoms with van der Waals surface area (Å²) in [5, 5.41) is 0. The summed E-state index contributed by atoms with van der Waals surface area (Å²) in [6.07, 6.45) is 0. The Hall–Kier alpha value is -1.48. The van der Waals surface area contributed by atoms with Gasteiger partial charge in [0.2, 0.25) is 0 Å². The molecule has 0 bridgehead atoms. The Labute approximate surface area is 99.1 Å². The van der Waals surface area contributed by atoms with Crippen LogP contribution in [0.5, 0.6) is 0 Å². The minimum Gasteiger partial charge on any atom is -0.312 e. The molecule has 0 fully saturated rings. The molecule has 0 aromatic heterocycles. The molecular formula is C13H23NO2. The first-order valence-corrected chi connectivity index (χ1v) is 4.74. The van der Waals surface area contributed by atoms with Gasteiger partial charge in [0.05, 0.1) is 0 Å². The van der Waals surface area contributed by atoms with Crippen LogP contribution in [0.2, 0.25) is 0 Å². The standard InChI is InChI=1S/C8H10.C3H9N.2CH2O/c1-7-3-5-8(2)6-4-7;1-4(2)3;2*1-2/h3-6H,1-2H3;1-3H3;2*1H2. The van der Waals surface area contributed by atoms with Crippen LogP contribution in [0.3, 0.4) is 0 Å². The van der Waals surface area contributed by atoms with Gasteiger partial charge >= 0.3 is 0 Å². The topological polar surface area (TPSA) is 37.4 Å². The molecule has 0 aliphatic rings. The van der Waals surface area contributed by atoms with E-state index in [2.05, 4.69) is 38.1 Å². The molecule has 0 saturated carbocycles. The normalized spacial score (nSPS) is 7.38. The van der Waals surface area contributed by atoms with Crippen LogP contribution in [-0.4, -0.2) is 39.6 Å². The molecule has 3 heteroatoms. The van der Waals surface area contributed by atoms with E-state index in [1.165, 1.54) is 11.1 Å². The molecule has 0 unspecified atom stereocenters. The summed E-state index contributed by atoms with van der Waals surface area (Å²) in [6.45, 7) is 8.19. The fourth-order valence-corrected chi connectivity index (χ4v) is 0.637. The molecule has 0 aliphatic carbocycles. The molecule has 0 N–H and O–H groups in total. The van der Waals surface area contributed by atoms with Gasteiger partial charge in [-0.3, -0.25) is 0 Å². The lowest BCUT2D eigenvalue weighted by Gasteiger charge is -1.90. The van der Waals surface area contributed by atoms with Crippen molar-refractivity contribution in [3.8, 4) is 0 Å². The summed E-state index contributed by atoms with van der Waals surface area (Å²) >= 11 is 0. The highest BCUT2D eigenvalue weighted by atomic mass is 16.1. The van der Waals surface area contributed by atoms with Crippen molar-refractivity contribution in [2.24, 2.45) is 0 Å².